The van der Waals surface area contributed by atoms with Gasteiger partial charge in [-0.05, 0) is 122 Å². The molecule has 0 N–H and O–H groups in total. The lowest BCUT2D eigenvalue weighted by Crippen LogP contribution is -2.48. The van der Waals surface area contributed by atoms with E-state index in [4.69, 9.17) is 6.57 Å². The lowest BCUT2D eigenvalue weighted by atomic mass is 9.48. The molecule has 4 saturated carbocycles. The third-order valence-corrected chi connectivity index (χ3v) is 11.0. The molecule has 3 heteroatoms. The fourth-order valence-corrected chi connectivity index (χ4v) is 9.73. The lowest BCUT2D eigenvalue weighted by Gasteiger charge is -2.57. The first-order valence-electron chi connectivity index (χ1n) is 14.4. The van der Waals surface area contributed by atoms with Gasteiger partial charge in [0.05, 0.1) is 28.4 Å². The number of nitrogens with zero attached hydrogens (tertiary/aromatic N) is 3. The molecule has 3 nitrogen and oxygen atoms in total. The Labute approximate surface area is 222 Å². The van der Waals surface area contributed by atoms with Crippen molar-refractivity contribution in [3.05, 3.63) is 76.8 Å². The summed E-state index contributed by atoms with van der Waals surface area (Å²) in [6.45, 7) is 12.3. The van der Waals surface area contributed by atoms with Crippen molar-refractivity contribution in [2.45, 2.75) is 57.8 Å². The van der Waals surface area contributed by atoms with Gasteiger partial charge in [-0.25, -0.2) is 9.41 Å². The molecule has 0 atom stereocenters. The molecule has 4 aliphatic carbocycles. The Morgan fingerprint density at radius 1 is 0.868 bits per heavy atom. The molecular weight excluding hydrogens is 462 g/mol. The number of aryl methyl sites for hydroxylation is 3. The van der Waals surface area contributed by atoms with E-state index in [1.54, 1.807) is 5.56 Å². The zero-order valence-electron chi connectivity index (χ0n) is 22.4. The van der Waals surface area contributed by atoms with Crippen molar-refractivity contribution in [3.63, 3.8) is 0 Å². The van der Waals surface area contributed by atoms with Crippen LogP contribution < -0.4 is 4.57 Å². The first-order valence-corrected chi connectivity index (χ1v) is 14.4. The Morgan fingerprint density at radius 3 is 2.32 bits per heavy atom. The maximum absolute atomic E-state index is 7.74. The minimum absolute atomic E-state index is 0.338. The molecule has 0 unspecified atom stereocenters. The van der Waals surface area contributed by atoms with E-state index in [1.807, 2.05) is 6.07 Å². The van der Waals surface area contributed by atoms with Crippen LogP contribution in [0.3, 0.4) is 0 Å². The van der Waals surface area contributed by atoms with Crippen LogP contribution in [0.2, 0.25) is 0 Å². The smallest absolute Gasteiger partial charge is 0.224 e. The summed E-state index contributed by atoms with van der Waals surface area (Å²) in [7, 11) is 2.20. The fraction of sp³-hybridized carbons (Fsp3) is 0.371. The highest BCUT2D eigenvalue weighted by atomic mass is 15.0. The van der Waals surface area contributed by atoms with E-state index in [9.17, 15) is 0 Å². The van der Waals surface area contributed by atoms with Crippen molar-refractivity contribution in [2.24, 2.45) is 24.8 Å². The zero-order valence-corrected chi connectivity index (χ0v) is 22.4. The summed E-state index contributed by atoms with van der Waals surface area (Å²) in [5.74, 6) is 2.76. The molecule has 186 valence electrons. The molecule has 10 rings (SSSR count). The van der Waals surface area contributed by atoms with Gasteiger partial charge in [-0.15, -0.1) is 0 Å². The second-order valence-electron chi connectivity index (χ2n) is 13.2. The van der Waals surface area contributed by atoms with Crippen LogP contribution in [0.25, 0.3) is 53.8 Å². The standard InChI is InChI=1S/C35H32N3/c1-19-9-28-27-6-5-26(36-3)15-29(27)38-30-14-25(35-16-21-10-22(17-35)12-23(11-21)18-35)13-24-7-8-37(4)34(32(24)30)31(20(19)2)33(28)38/h5-9,13-15,21-23H,10-12,16-18H2,1-2,4H3/q+1. The van der Waals surface area contributed by atoms with Gasteiger partial charge in [-0.3, -0.25) is 0 Å². The number of hydrogen-bond acceptors (Lipinski definition) is 0. The van der Waals surface area contributed by atoms with Gasteiger partial charge in [0.1, 0.15) is 7.05 Å². The summed E-state index contributed by atoms with van der Waals surface area (Å²) >= 11 is 0. The molecule has 4 aliphatic rings. The molecule has 3 heterocycles. The SMILES string of the molecule is [C-]#[N+]c1ccc2c3cc(C)c(C)c4c3n(c2c1)c1cc(C23CC5CC(CC(C5)C2)C3)cc2cc[n+](C)c4c21. The number of aromatic nitrogens is 2. The molecular formula is C35H32N3+. The van der Waals surface area contributed by atoms with Gasteiger partial charge < -0.3 is 4.40 Å². The molecule has 38 heavy (non-hydrogen) atoms. The quantitative estimate of drug-likeness (QED) is 0.0941. The van der Waals surface area contributed by atoms with E-state index in [2.05, 4.69) is 77.3 Å². The normalized spacial score (nSPS) is 26.5. The number of fused-ring (bicyclic) bond motifs is 5. The Kier molecular flexibility index (Phi) is 3.85. The van der Waals surface area contributed by atoms with Crippen molar-refractivity contribution in [3.8, 4) is 0 Å². The van der Waals surface area contributed by atoms with Gasteiger partial charge in [0.25, 0.3) is 0 Å². The van der Waals surface area contributed by atoms with Crippen LogP contribution in [0.5, 0.6) is 0 Å². The van der Waals surface area contributed by atoms with Crippen molar-refractivity contribution in [1.29, 1.82) is 0 Å². The first kappa shape index (κ1) is 21.3. The summed E-state index contributed by atoms with van der Waals surface area (Å²) in [4.78, 5) is 3.83. The summed E-state index contributed by atoms with van der Waals surface area (Å²) in [6, 6.07) is 16.2. The van der Waals surface area contributed by atoms with Crippen LogP contribution in [-0.2, 0) is 12.5 Å². The van der Waals surface area contributed by atoms with Gasteiger partial charge in [0, 0.05) is 22.4 Å². The van der Waals surface area contributed by atoms with Crippen LogP contribution in [0.15, 0.2) is 48.7 Å². The molecule has 6 aromatic rings. The predicted octanol–water partition coefficient (Wildman–Crippen LogP) is 8.45. The minimum atomic E-state index is 0.338. The Hall–Kier alpha value is -3.64. The van der Waals surface area contributed by atoms with Gasteiger partial charge in [-0.1, -0.05) is 12.1 Å². The van der Waals surface area contributed by atoms with Crippen LogP contribution in [0, 0.1) is 38.2 Å². The molecule has 0 spiro atoms. The average molecular weight is 495 g/mol. The highest BCUT2D eigenvalue weighted by Crippen LogP contribution is 2.61. The van der Waals surface area contributed by atoms with Gasteiger partial charge in [0.2, 0.25) is 5.52 Å². The minimum Gasteiger partial charge on any atom is -0.309 e. The third kappa shape index (κ3) is 2.48. The monoisotopic (exact) mass is 494 g/mol. The number of rotatable bonds is 1. The molecule has 3 aromatic carbocycles. The maximum Gasteiger partial charge on any atom is 0.224 e. The van der Waals surface area contributed by atoms with E-state index in [0.29, 0.717) is 11.1 Å². The number of pyridine rings is 2. The molecule has 4 fully saturated rings. The second kappa shape index (κ2) is 6.86. The van der Waals surface area contributed by atoms with Crippen LogP contribution >= 0.6 is 0 Å². The molecule has 3 aromatic heterocycles. The lowest BCUT2D eigenvalue weighted by molar-refractivity contribution is -0.643. The van der Waals surface area contributed by atoms with E-state index in [0.717, 1.165) is 17.8 Å². The predicted molar refractivity (Wildman–Crippen MR) is 155 cm³/mol. The van der Waals surface area contributed by atoms with Crippen molar-refractivity contribution >= 4 is 54.7 Å². The Morgan fingerprint density at radius 2 is 1.61 bits per heavy atom. The highest BCUT2D eigenvalue weighted by Gasteiger charge is 2.51. The van der Waals surface area contributed by atoms with Crippen molar-refractivity contribution in [1.82, 2.24) is 4.40 Å². The first-order chi connectivity index (χ1) is 18.4. The molecule has 0 radical (unpaired) electrons. The maximum atomic E-state index is 7.74. The van der Waals surface area contributed by atoms with E-state index >= 15 is 0 Å². The molecule has 0 saturated heterocycles. The van der Waals surface area contributed by atoms with Crippen LogP contribution in [-0.4, -0.2) is 4.40 Å². The molecule has 0 aliphatic heterocycles. The van der Waals surface area contributed by atoms with Crippen molar-refractivity contribution in [2.75, 3.05) is 0 Å². The van der Waals surface area contributed by atoms with Gasteiger partial charge >= 0.3 is 0 Å². The van der Waals surface area contributed by atoms with Crippen molar-refractivity contribution < 1.29 is 4.57 Å². The zero-order chi connectivity index (χ0) is 25.5. The number of hydrogen-bond donors (Lipinski definition) is 0. The summed E-state index contributed by atoms with van der Waals surface area (Å²) in [5, 5.41) is 6.63. The molecule has 0 amide bonds. The average Bonchev–Trinajstić information content (AvgIpc) is 3.22. The largest absolute Gasteiger partial charge is 0.309 e. The summed E-state index contributed by atoms with van der Waals surface area (Å²) in [5.41, 5.74) is 10.4. The Bertz CT molecular complexity index is 2010. The molecule has 4 bridgehead atoms. The van der Waals surface area contributed by atoms with E-state index in [1.165, 1.54) is 98.6 Å². The number of benzene rings is 3. The van der Waals surface area contributed by atoms with E-state index in [-0.39, 0.29) is 0 Å². The summed E-state index contributed by atoms with van der Waals surface area (Å²) in [6.07, 6.45) is 10.8. The third-order valence-electron chi connectivity index (χ3n) is 11.0. The fourth-order valence-electron chi connectivity index (χ4n) is 9.73. The van der Waals surface area contributed by atoms with Crippen LogP contribution in [0.4, 0.5) is 5.69 Å². The highest BCUT2D eigenvalue weighted by molar-refractivity contribution is 6.26. The van der Waals surface area contributed by atoms with E-state index < -0.39 is 0 Å². The van der Waals surface area contributed by atoms with Gasteiger partial charge in [-0.2, -0.15) is 0 Å². The Balaban J connectivity index is 1.51. The van der Waals surface area contributed by atoms with Gasteiger partial charge in [0.15, 0.2) is 11.9 Å². The topological polar surface area (TPSA) is 12.6 Å². The second-order valence-corrected chi connectivity index (χ2v) is 13.2. The summed E-state index contributed by atoms with van der Waals surface area (Å²) < 4.78 is 4.86. The van der Waals surface area contributed by atoms with Crippen LogP contribution in [0.1, 0.15) is 55.2 Å².